The molecule has 1 aliphatic rings. The van der Waals surface area contributed by atoms with E-state index in [0.29, 0.717) is 30.8 Å². The molecule has 1 saturated heterocycles. The number of nitriles is 1. The number of hydrogen-bond donors (Lipinski definition) is 4. The van der Waals surface area contributed by atoms with Gasteiger partial charge < -0.3 is 45.2 Å². The van der Waals surface area contributed by atoms with Crippen LogP contribution >= 0.6 is 43.2 Å². The lowest BCUT2D eigenvalue weighted by Crippen LogP contribution is -2.30. The summed E-state index contributed by atoms with van der Waals surface area (Å²) in [6.07, 6.45) is 3.32. The molecule has 12 nitrogen and oxygen atoms in total. The van der Waals surface area contributed by atoms with E-state index in [9.17, 15) is 20.0 Å². The Morgan fingerprint density at radius 3 is 2.80 bits per heavy atom. The Bertz CT molecular complexity index is 1110. The molecule has 5 atom stereocenters. The summed E-state index contributed by atoms with van der Waals surface area (Å²) in [6, 6.07) is 8.61. The number of benzene rings is 1. The van der Waals surface area contributed by atoms with Gasteiger partial charge >= 0.3 is 0 Å². The number of carbonyl (C=O) groups excluding carboxylic acids is 2. The second-order valence-corrected chi connectivity index (χ2v) is 14.0. The standard InChI is InChI=1S/C27H38BN4O8S4/c1-41-43-25(15-30)40-21-14-23(39-22(21)16-33)28-7-4-9-31-24(34)17-36-11-12-37-26(44-42-2)18-38-20-6-3-5-19(13-20)27(35)32-10-8-29/h3,5-6,13,21-23,25-26,33H,8-12,14,16-18,29H2,1-2H3,(H,31,34)(H,32,35)/t21-,22?,23-,25-,26?/m1/s1. The zero-order valence-corrected chi connectivity index (χ0v) is 27.9. The van der Waals surface area contributed by atoms with Gasteiger partial charge in [0.1, 0.15) is 36.6 Å². The van der Waals surface area contributed by atoms with Crippen LogP contribution in [0.2, 0.25) is 0 Å². The molecule has 2 rings (SSSR count). The van der Waals surface area contributed by atoms with Crippen molar-refractivity contribution >= 4 is 62.3 Å². The summed E-state index contributed by atoms with van der Waals surface area (Å²) in [4.78, 5) is 24.2. The molecular weight excluding hydrogens is 647 g/mol. The Balaban J connectivity index is 1.61. The molecule has 0 saturated carbocycles. The van der Waals surface area contributed by atoms with Gasteiger partial charge in [-0.3, -0.25) is 9.59 Å². The van der Waals surface area contributed by atoms with Gasteiger partial charge in [-0.2, -0.15) is 11.1 Å². The van der Waals surface area contributed by atoms with Crippen LogP contribution in [0.4, 0.5) is 0 Å². The van der Waals surface area contributed by atoms with Crippen LogP contribution in [0.5, 0.6) is 5.75 Å². The van der Waals surface area contributed by atoms with Crippen molar-refractivity contribution in [3.63, 3.8) is 0 Å². The maximum absolute atomic E-state index is 12.1. The molecule has 1 heterocycles. The number of hydrogen-bond acceptors (Lipinski definition) is 14. The molecule has 241 valence electrons. The van der Waals surface area contributed by atoms with E-state index in [4.69, 9.17) is 29.4 Å². The summed E-state index contributed by atoms with van der Waals surface area (Å²) >= 11 is 0. The first-order chi connectivity index (χ1) is 21.4. The number of aliphatic hydroxyl groups is 1. The summed E-state index contributed by atoms with van der Waals surface area (Å²) in [5.74, 6) is 5.71. The highest BCUT2D eigenvalue weighted by Gasteiger charge is 2.37. The Labute approximate surface area is 275 Å². The van der Waals surface area contributed by atoms with Crippen LogP contribution in [0.15, 0.2) is 24.3 Å². The van der Waals surface area contributed by atoms with E-state index in [1.165, 1.54) is 43.2 Å². The second kappa shape index (κ2) is 23.6. The van der Waals surface area contributed by atoms with Gasteiger partial charge in [-0.15, -0.1) is 0 Å². The lowest BCUT2D eigenvalue weighted by atomic mass is 9.71. The molecular formula is C27H38BN4O8S4. The quantitative estimate of drug-likeness (QED) is 0.0479. The molecule has 0 aliphatic carbocycles. The van der Waals surface area contributed by atoms with Gasteiger partial charge in [0.25, 0.3) is 13.2 Å². The third-order valence-corrected chi connectivity index (χ3v) is 9.21. The normalized spacial score (nSPS) is 18.8. The maximum atomic E-state index is 12.1. The minimum atomic E-state index is -0.650. The van der Waals surface area contributed by atoms with Crippen LogP contribution in [0.3, 0.4) is 0 Å². The molecule has 1 aliphatic heterocycles. The zero-order chi connectivity index (χ0) is 32.0. The van der Waals surface area contributed by atoms with Crippen molar-refractivity contribution in [1.82, 2.24) is 10.6 Å². The molecule has 1 fully saturated rings. The summed E-state index contributed by atoms with van der Waals surface area (Å²) in [5.41, 5.74) is 4.98. The van der Waals surface area contributed by atoms with Gasteiger partial charge in [0.15, 0.2) is 5.44 Å². The predicted molar refractivity (Wildman–Crippen MR) is 177 cm³/mol. The van der Waals surface area contributed by atoms with Crippen LogP contribution in [-0.2, 0) is 23.7 Å². The lowest BCUT2D eigenvalue weighted by molar-refractivity contribution is -0.126. The minimum absolute atomic E-state index is 0.131. The van der Waals surface area contributed by atoms with E-state index in [0.717, 1.165) is 0 Å². The zero-order valence-electron chi connectivity index (χ0n) is 24.6. The molecule has 1 aromatic rings. The average Bonchev–Trinajstić information content (AvgIpc) is 3.43. The van der Waals surface area contributed by atoms with E-state index in [1.54, 1.807) is 31.5 Å². The Hall–Kier alpha value is -1.77. The molecule has 5 N–H and O–H groups in total. The topological polar surface area (TPSA) is 174 Å². The number of nitrogens with zero attached hydrogens (tertiary/aromatic N) is 1. The van der Waals surface area contributed by atoms with Crippen molar-refractivity contribution in [2.45, 2.75) is 35.5 Å². The fraction of sp³-hybridized carbons (Fsp3) is 0.593. The molecule has 2 unspecified atom stereocenters. The molecule has 2 amide bonds. The fourth-order valence-corrected chi connectivity index (χ4v) is 6.33. The molecule has 0 bridgehead atoms. The summed E-state index contributed by atoms with van der Waals surface area (Å²) in [6.45, 7) is 1.26. The van der Waals surface area contributed by atoms with Crippen LogP contribution in [-0.4, -0.2) is 118 Å². The first kappa shape index (κ1) is 38.4. The van der Waals surface area contributed by atoms with Crippen molar-refractivity contribution in [2.75, 3.05) is 65.2 Å². The molecule has 1 radical (unpaired) electrons. The van der Waals surface area contributed by atoms with Gasteiger partial charge in [0.2, 0.25) is 5.91 Å². The smallest absolute Gasteiger partial charge is 0.251 e. The molecule has 44 heavy (non-hydrogen) atoms. The average molecular weight is 686 g/mol. The number of aliphatic hydroxyl groups excluding tert-OH is 1. The summed E-state index contributed by atoms with van der Waals surface area (Å²) in [7, 11) is 7.41. The van der Waals surface area contributed by atoms with Crippen molar-refractivity contribution in [3.05, 3.63) is 29.8 Å². The van der Waals surface area contributed by atoms with Gasteiger partial charge in [0, 0.05) is 24.7 Å². The van der Waals surface area contributed by atoms with Gasteiger partial charge in [-0.1, -0.05) is 44.4 Å². The number of nitrogens with two attached hydrogens (primary N) is 1. The lowest BCUT2D eigenvalue weighted by Gasteiger charge is -2.19. The number of nitrogens with one attached hydrogen (secondary N) is 2. The van der Waals surface area contributed by atoms with Crippen molar-refractivity contribution < 1.29 is 38.4 Å². The van der Waals surface area contributed by atoms with Gasteiger partial charge in [0.05, 0.1) is 32.5 Å². The molecule has 0 aromatic heterocycles. The molecule has 1 aromatic carbocycles. The van der Waals surface area contributed by atoms with Gasteiger partial charge in [-0.05, 0) is 47.9 Å². The SMILES string of the molecule is CSSC(COc1cccc(C(=O)NCCN)c1)OCCOCC(=O)NCC#C[B][C@H]1C[C@@H](O[C@@H](C#N)SSC)C(CO)O1. The number of carbonyl (C=O) groups is 2. The van der Waals surface area contributed by atoms with Crippen molar-refractivity contribution in [3.8, 4) is 23.6 Å². The third kappa shape index (κ3) is 15.5. The van der Waals surface area contributed by atoms with Crippen molar-refractivity contribution in [1.29, 1.82) is 5.26 Å². The summed E-state index contributed by atoms with van der Waals surface area (Å²) < 4.78 is 28.6. The number of ether oxygens (including phenoxy) is 5. The van der Waals surface area contributed by atoms with E-state index >= 15 is 0 Å². The van der Waals surface area contributed by atoms with E-state index in [-0.39, 0.29) is 62.8 Å². The predicted octanol–water partition coefficient (Wildman–Crippen LogP) is 1.26. The Morgan fingerprint density at radius 2 is 2.07 bits per heavy atom. The van der Waals surface area contributed by atoms with Crippen LogP contribution < -0.4 is 21.1 Å². The van der Waals surface area contributed by atoms with Crippen LogP contribution in [0.25, 0.3) is 0 Å². The van der Waals surface area contributed by atoms with E-state index < -0.39 is 17.6 Å². The monoisotopic (exact) mass is 685 g/mol. The first-order valence-corrected chi connectivity index (χ1v) is 18.9. The highest BCUT2D eigenvalue weighted by Crippen LogP contribution is 2.30. The number of rotatable bonds is 21. The van der Waals surface area contributed by atoms with Crippen LogP contribution in [0.1, 0.15) is 16.8 Å². The van der Waals surface area contributed by atoms with Crippen molar-refractivity contribution in [2.24, 2.45) is 5.73 Å². The first-order valence-electron chi connectivity index (χ1n) is 13.6. The minimum Gasteiger partial charge on any atom is -0.490 e. The third-order valence-electron chi connectivity index (χ3n) is 5.62. The fourth-order valence-electron chi connectivity index (χ4n) is 3.67. The highest BCUT2D eigenvalue weighted by atomic mass is 33.1. The Kier molecular flexibility index (Phi) is 20.6. The van der Waals surface area contributed by atoms with E-state index in [1.807, 2.05) is 12.5 Å². The maximum Gasteiger partial charge on any atom is 0.251 e. The van der Waals surface area contributed by atoms with E-state index in [2.05, 4.69) is 28.4 Å². The van der Waals surface area contributed by atoms with Crippen LogP contribution in [0, 0.1) is 23.1 Å². The second-order valence-electron chi connectivity index (χ2n) is 8.79. The Morgan fingerprint density at radius 1 is 1.25 bits per heavy atom. The highest BCUT2D eigenvalue weighted by molar-refractivity contribution is 8.77. The van der Waals surface area contributed by atoms with Gasteiger partial charge in [-0.25, -0.2) is 0 Å². The largest absolute Gasteiger partial charge is 0.490 e. The molecule has 17 heteroatoms. The molecule has 0 spiro atoms. The number of amides is 2. The summed E-state index contributed by atoms with van der Waals surface area (Å²) in [5, 5.41) is 24.1.